The van der Waals surface area contributed by atoms with E-state index in [1.165, 1.54) is 11.8 Å². The van der Waals surface area contributed by atoms with Crippen molar-refractivity contribution in [1.82, 2.24) is 10.2 Å². The van der Waals surface area contributed by atoms with Gasteiger partial charge in [-0.25, -0.2) is 0 Å². The topological polar surface area (TPSA) is 78.9 Å². The van der Waals surface area contributed by atoms with Crippen LogP contribution >= 0.6 is 24.0 Å². The standard InChI is InChI=1S/C20H20N2O4S2/c23-11-14-5-2-8-22(14)19(25)13-4-1-3-12(9-13)16-7-6-15(26-16)10-17-18(24)21-20(27)28-17/h1,3-4,7,9-10,14-15,23H,2,5-6,8,11H2,(H,21,24,27)/b17-10-/t14-,15?/m0/s1. The number of likely N-dealkylation sites (tertiary alicyclic amines) is 1. The fourth-order valence-corrected chi connectivity index (χ4v) is 4.71. The molecule has 6 nitrogen and oxygen atoms in total. The largest absolute Gasteiger partial charge is 0.486 e. The van der Waals surface area contributed by atoms with Gasteiger partial charge in [0.15, 0.2) is 0 Å². The Morgan fingerprint density at radius 3 is 3.07 bits per heavy atom. The van der Waals surface area contributed by atoms with Crippen molar-refractivity contribution in [2.24, 2.45) is 0 Å². The molecule has 0 aliphatic carbocycles. The van der Waals surface area contributed by atoms with Crippen LogP contribution in [0, 0.1) is 0 Å². The third-order valence-electron chi connectivity index (χ3n) is 5.04. The van der Waals surface area contributed by atoms with E-state index in [-0.39, 0.29) is 30.6 Å². The molecule has 2 N–H and O–H groups in total. The Hall–Kier alpha value is -2.16. The fraction of sp³-hybridized carbons (Fsp3) is 0.350. The van der Waals surface area contributed by atoms with Gasteiger partial charge in [-0.1, -0.05) is 36.1 Å². The van der Waals surface area contributed by atoms with Crippen molar-refractivity contribution in [3.05, 3.63) is 52.4 Å². The quantitative estimate of drug-likeness (QED) is 0.580. The average Bonchev–Trinajstić information content (AvgIpc) is 3.42. The first-order chi connectivity index (χ1) is 13.5. The molecule has 2 saturated heterocycles. The summed E-state index contributed by atoms with van der Waals surface area (Å²) in [6, 6.07) is 7.24. The predicted molar refractivity (Wildman–Crippen MR) is 111 cm³/mol. The van der Waals surface area contributed by atoms with Gasteiger partial charge in [0.1, 0.15) is 16.2 Å². The average molecular weight is 417 g/mol. The van der Waals surface area contributed by atoms with Gasteiger partial charge in [0, 0.05) is 24.1 Å². The second-order valence-corrected chi connectivity index (χ2v) is 8.61. The Morgan fingerprint density at radius 2 is 2.32 bits per heavy atom. The van der Waals surface area contributed by atoms with Crippen molar-refractivity contribution >= 4 is 45.9 Å². The van der Waals surface area contributed by atoms with E-state index in [9.17, 15) is 14.7 Å². The Kier molecular flexibility index (Phi) is 5.52. The molecule has 8 heteroatoms. The van der Waals surface area contributed by atoms with Crippen LogP contribution in [0.2, 0.25) is 0 Å². The summed E-state index contributed by atoms with van der Waals surface area (Å²) in [5, 5.41) is 12.1. The van der Waals surface area contributed by atoms with E-state index in [1.807, 2.05) is 24.3 Å². The number of carbonyl (C=O) groups excluding carboxylic acids is 2. The van der Waals surface area contributed by atoms with Crippen LogP contribution in [-0.2, 0) is 9.53 Å². The Morgan fingerprint density at radius 1 is 1.46 bits per heavy atom. The van der Waals surface area contributed by atoms with Crippen LogP contribution < -0.4 is 5.32 Å². The van der Waals surface area contributed by atoms with Gasteiger partial charge in [-0.2, -0.15) is 0 Å². The van der Waals surface area contributed by atoms with E-state index in [4.69, 9.17) is 17.0 Å². The molecule has 0 radical (unpaired) electrons. The summed E-state index contributed by atoms with van der Waals surface area (Å²) in [6.45, 7) is 0.662. The van der Waals surface area contributed by atoms with Gasteiger partial charge in [0.05, 0.1) is 17.6 Å². The van der Waals surface area contributed by atoms with Crippen LogP contribution in [0.25, 0.3) is 5.76 Å². The minimum atomic E-state index is -0.235. The molecule has 1 aromatic rings. The van der Waals surface area contributed by atoms with Gasteiger partial charge >= 0.3 is 0 Å². The van der Waals surface area contributed by atoms with Crippen LogP contribution in [0.3, 0.4) is 0 Å². The van der Waals surface area contributed by atoms with Crippen LogP contribution in [-0.4, -0.2) is 51.4 Å². The number of benzene rings is 1. The zero-order valence-corrected chi connectivity index (χ0v) is 16.7. The molecule has 28 heavy (non-hydrogen) atoms. The maximum absolute atomic E-state index is 12.8. The SMILES string of the molecule is O=C1NC(=S)S/C1=C\C1CC=C(c2cccc(C(=O)N3CCC[C@H]3CO)c2)O1. The van der Waals surface area contributed by atoms with E-state index in [1.54, 1.807) is 17.0 Å². The summed E-state index contributed by atoms with van der Waals surface area (Å²) in [5.41, 5.74) is 1.41. The van der Waals surface area contributed by atoms with Gasteiger partial charge in [-0.15, -0.1) is 0 Å². The van der Waals surface area contributed by atoms with Gasteiger partial charge in [-0.3, -0.25) is 9.59 Å². The number of ether oxygens (including phenoxy) is 1. The molecule has 2 fully saturated rings. The van der Waals surface area contributed by atoms with E-state index >= 15 is 0 Å². The van der Waals surface area contributed by atoms with E-state index in [0.29, 0.717) is 33.5 Å². The maximum Gasteiger partial charge on any atom is 0.263 e. The van der Waals surface area contributed by atoms with E-state index in [2.05, 4.69) is 5.32 Å². The summed E-state index contributed by atoms with van der Waals surface area (Å²) < 4.78 is 6.43. The lowest BCUT2D eigenvalue weighted by molar-refractivity contribution is -0.115. The molecule has 0 aromatic heterocycles. The monoisotopic (exact) mass is 416 g/mol. The molecule has 0 bridgehead atoms. The van der Waals surface area contributed by atoms with Crippen molar-refractivity contribution in [1.29, 1.82) is 0 Å². The van der Waals surface area contributed by atoms with Crippen LogP contribution in [0.1, 0.15) is 35.2 Å². The molecule has 2 amide bonds. The van der Waals surface area contributed by atoms with Crippen molar-refractivity contribution in [2.45, 2.75) is 31.4 Å². The molecule has 3 heterocycles. The highest BCUT2D eigenvalue weighted by Gasteiger charge is 2.29. The van der Waals surface area contributed by atoms with Crippen molar-refractivity contribution in [2.75, 3.05) is 13.2 Å². The number of nitrogens with zero attached hydrogens (tertiary/aromatic N) is 1. The van der Waals surface area contributed by atoms with Crippen molar-refractivity contribution in [3.63, 3.8) is 0 Å². The maximum atomic E-state index is 12.8. The zero-order valence-electron chi connectivity index (χ0n) is 15.1. The summed E-state index contributed by atoms with van der Waals surface area (Å²) in [5.74, 6) is 0.439. The minimum Gasteiger partial charge on any atom is -0.486 e. The first kappa shape index (κ1) is 19.2. The summed E-state index contributed by atoms with van der Waals surface area (Å²) in [4.78, 5) is 26.9. The molecule has 3 aliphatic heterocycles. The predicted octanol–water partition coefficient (Wildman–Crippen LogP) is 2.45. The molecule has 1 aromatic carbocycles. The number of nitrogens with one attached hydrogen (secondary N) is 1. The number of thioether (sulfide) groups is 1. The molecule has 1 unspecified atom stereocenters. The smallest absolute Gasteiger partial charge is 0.263 e. The van der Waals surface area contributed by atoms with Gasteiger partial charge < -0.3 is 20.1 Å². The van der Waals surface area contributed by atoms with Gasteiger partial charge in [-0.05, 0) is 37.1 Å². The van der Waals surface area contributed by atoms with Crippen molar-refractivity contribution in [3.8, 4) is 0 Å². The number of carbonyl (C=O) groups is 2. The molecule has 0 saturated carbocycles. The highest BCUT2D eigenvalue weighted by atomic mass is 32.2. The highest BCUT2D eigenvalue weighted by molar-refractivity contribution is 8.26. The number of hydrogen-bond acceptors (Lipinski definition) is 6. The molecule has 4 rings (SSSR count). The summed E-state index contributed by atoms with van der Waals surface area (Å²) in [7, 11) is 0. The summed E-state index contributed by atoms with van der Waals surface area (Å²) in [6.07, 6.45) is 5.91. The first-order valence-corrected chi connectivity index (χ1v) is 10.4. The second kappa shape index (κ2) is 8.06. The fourth-order valence-electron chi connectivity index (χ4n) is 3.64. The van der Waals surface area contributed by atoms with Crippen LogP contribution in [0.4, 0.5) is 0 Å². The zero-order chi connectivity index (χ0) is 19.7. The Balaban J connectivity index is 1.47. The van der Waals surface area contributed by atoms with Gasteiger partial charge in [0.25, 0.3) is 11.8 Å². The molecule has 2 atom stereocenters. The lowest BCUT2D eigenvalue weighted by atomic mass is 10.1. The lowest BCUT2D eigenvalue weighted by Gasteiger charge is -2.23. The van der Waals surface area contributed by atoms with Crippen LogP contribution in [0.5, 0.6) is 0 Å². The first-order valence-electron chi connectivity index (χ1n) is 9.19. The third kappa shape index (κ3) is 3.85. The van der Waals surface area contributed by atoms with E-state index in [0.717, 1.165) is 18.4 Å². The van der Waals surface area contributed by atoms with Gasteiger partial charge in [0.2, 0.25) is 0 Å². The van der Waals surface area contributed by atoms with Crippen molar-refractivity contribution < 1.29 is 19.4 Å². The molecular weight excluding hydrogens is 396 g/mol. The Labute approximate surface area is 172 Å². The third-order valence-corrected chi connectivity index (χ3v) is 6.22. The normalized spacial score (nSPS) is 25.8. The number of aliphatic hydroxyl groups is 1. The lowest BCUT2D eigenvalue weighted by Crippen LogP contribution is -2.37. The minimum absolute atomic E-state index is 0.00886. The second-order valence-electron chi connectivity index (χ2n) is 6.89. The molecule has 3 aliphatic rings. The highest BCUT2D eigenvalue weighted by Crippen LogP contribution is 2.31. The number of thiocarbonyl (C=S) groups is 1. The van der Waals surface area contributed by atoms with Crippen LogP contribution in [0.15, 0.2) is 41.3 Å². The summed E-state index contributed by atoms with van der Waals surface area (Å²) >= 11 is 6.24. The van der Waals surface area contributed by atoms with E-state index < -0.39 is 0 Å². The molecular formula is C20H20N2O4S2. The number of hydrogen-bond donors (Lipinski definition) is 2. The number of aliphatic hydroxyl groups excluding tert-OH is 1. The molecule has 146 valence electrons. The molecule has 0 spiro atoms. The number of rotatable bonds is 4. The Bertz CT molecular complexity index is 896. The number of amides is 2.